The second-order valence-electron chi connectivity index (χ2n) is 5.36. The van der Waals surface area contributed by atoms with Crippen LogP contribution in [-0.2, 0) is 11.3 Å². The summed E-state index contributed by atoms with van der Waals surface area (Å²) < 4.78 is 13.7. The minimum atomic E-state index is -0.755. The fourth-order valence-electron chi connectivity index (χ4n) is 2.49. The molecule has 0 saturated carbocycles. The van der Waals surface area contributed by atoms with E-state index in [-0.39, 0.29) is 12.2 Å². The predicted octanol–water partition coefficient (Wildman–Crippen LogP) is 1.73. The number of aliphatic carboxylic acids is 1. The minimum Gasteiger partial charge on any atom is -0.481 e. The van der Waals surface area contributed by atoms with E-state index in [1.165, 1.54) is 6.07 Å². The molecule has 0 aliphatic carbocycles. The Kier molecular flexibility index (Phi) is 5.09. The number of carboxylic acid groups (broad SMARTS) is 1. The van der Waals surface area contributed by atoms with Crippen molar-refractivity contribution in [2.24, 2.45) is 0 Å². The fourth-order valence-corrected chi connectivity index (χ4v) is 2.49. The van der Waals surface area contributed by atoms with Crippen LogP contribution in [0.3, 0.4) is 0 Å². The highest BCUT2D eigenvalue weighted by molar-refractivity contribution is 5.66. The zero-order chi connectivity index (χ0) is 14.5. The largest absolute Gasteiger partial charge is 0.481 e. The summed E-state index contributed by atoms with van der Waals surface area (Å²) in [5.41, 5.74) is 1.81. The molecular formula is C15H21FN2O2. The molecular weight excluding hydrogens is 259 g/mol. The Morgan fingerprint density at radius 2 is 1.90 bits per heavy atom. The number of piperazine rings is 1. The molecule has 1 aliphatic heterocycles. The SMILES string of the molecule is Cc1ccc(F)c(CN2CCN(CCC(=O)O)CC2)c1. The van der Waals surface area contributed by atoms with Crippen LogP contribution in [0.5, 0.6) is 0 Å². The van der Waals surface area contributed by atoms with Gasteiger partial charge in [-0.2, -0.15) is 0 Å². The summed E-state index contributed by atoms with van der Waals surface area (Å²) in [6.07, 6.45) is 0.187. The topological polar surface area (TPSA) is 43.8 Å². The lowest BCUT2D eigenvalue weighted by Crippen LogP contribution is -2.46. The summed E-state index contributed by atoms with van der Waals surface area (Å²) in [5.74, 6) is -0.904. The zero-order valence-electron chi connectivity index (χ0n) is 11.8. The lowest BCUT2D eigenvalue weighted by Gasteiger charge is -2.34. The number of hydrogen-bond donors (Lipinski definition) is 1. The number of halogens is 1. The Balaban J connectivity index is 1.82. The molecule has 110 valence electrons. The van der Waals surface area contributed by atoms with Gasteiger partial charge in [0.25, 0.3) is 0 Å². The molecule has 0 aromatic heterocycles. The van der Waals surface area contributed by atoms with Crippen molar-refractivity contribution < 1.29 is 14.3 Å². The summed E-state index contributed by atoms with van der Waals surface area (Å²) in [7, 11) is 0. The van der Waals surface area contributed by atoms with Gasteiger partial charge in [0.05, 0.1) is 6.42 Å². The molecule has 5 heteroatoms. The van der Waals surface area contributed by atoms with Gasteiger partial charge in [-0.05, 0) is 13.0 Å². The van der Waals surface area contributed by atoms with Crippen molar-refractivity contribution in [3.05, 3.63) is 35.1 Å². The van der Waals surface area contributed by atoms with E-state index in [1.807, 2.05) is 13.0 Å². The van der Waals surface area contributed by atoms with E-state index < -0.39 is 5.97 Å². The monoisotopic (exact) mass is 280 g/mol. The second kappa shape index (κ2) is 6.81. The molecule has 0 unspecified atom stereocenters. The summed E-state index contributed by atoms with van der Waals surface area (Å²) in [4.78, 5) is 14.9. The van der Waals surface area contributed by atoms with Gasteiger partial charge in [0.2, 0.25) is 0 Å². The molecule has 0 amide bonds. The third-order valence-electron chi connectivity index (χ3n) is 3.70. The van der Waals surface area contributed by atoms with Crippen LogP contribution in [0.4, 0.5) is 4.39 Å². The van der Waals surface area contributed by atoms with Gasteiger partial charge in [0, 0.05) is 44.8 Å². The maximum absolute atomic E-state index is 13.7. The summed E-state index contributed by atoms with van der Waals surface area (Å²) in [5, 5.41) is 8.67. The van der Waals surface area contributed by atoms with Gasteiger partial charge in [-0.15, -0.1) is 0 Å². The number of carbonyl (C=O) groups is 1. The van der Waals surface area contributed by atoms with E-state index in [2.05, 4.69) is 9.80 Å². The van der Waals surface area contributed by atoms with Crippen LogP contribution in [0.2, 0.25) is 0 Å². The average molecular weight is 280 g/mol. The van der Waals surface area contributed by atoms with E-state index >= 15 is 0 Å². The van der Waals surface area contributed by atoms with Gasteiger partial charge in [0.1, 0.15) is 5.82 Å². The summed E-state index contributed by atoms with van der Waals surface area (Å²) in [6.45, 7) is 6.59. The molecule has 1 aromatic rings. The van der Waals surface area contributed by atoms with Crippen molar-refractivity contribution in [3.63, 3.8) is 0 Å². The van der Waals surface area contributed by atoms with E-state index in [9.17, 15) is 9.18 Å². The third kappa shape index (κ3) is 4.28. The lowest BCUT2D eigenvalue weighted by atomic mass is 10.1. The van der Waals surface area contributed by atoms with Crippen molar-refractivity contribution in [3.8, 4) is 0 Å². The van der Waals surface area contributed by atoms with Gasteiger partial charge >= 0.3 is 5.97 Å². The van der Waals surface area contributed by atoms with Crippen LogP contribution in [-0.4, -0.2) is 53.6 Å². The molecule has 1 N–H and O–H groups in total. The Morgan fingerprint density at radius 3 is 2.55 bits per heavy atom. The van der Waals surface area contributed by atoms with E-state index in [0.29, 0.717) is 13.1 Å². The lowest BCUT2D eigenvalue weighted by molar-refractivity contribution is -0.137. The first-order chi connectivity index (χ1) is 9.54. The van der Waals surface area contributed by atoms with E-state index in [1.54, 1.807) is 6.07 Å². The van der Waals surface area contributed by atoms with Crippen molar-refractivity contribution >= 4 is 5.97 Å². The molecule has 20 heavy (non-hydrogen) atoms. The zero-order valence-corrected chi connectivity index (χ0v) is 11.8. The molecule has 1 fully saturated rings. The van der Waals surface area contributed by atoms with Gasteiger partial charge in [-0.3, -0.25) is 9.69 Å². The smallest absolute Gasteiger partial charge is 0.304 e. The quantitative estimate of drug-likeness (QED) is 0.892. The van der Waals surface area contributed by atoms with Gasteiger partial charge in [-0.25, -0.2) is 4.39 Å². The van der Waals surface area contributed by atoms with Crippen LogP contribution in [0.1, 0.15) is 17.5 Å². The fraction of sp³-hybridized carbons (Fsp3) is 0.533. The Labute approximate surface area is 118 Å². The maximum atomic E-state index is 13.7. The number of carboxylic acids is 1. The molecule has 0 radical (unpaired) electrons. The molecule has 0 bridgehead atoms. The second-order valence-corrected chi connectivity index (χ2v) is 5.36. The molecule has 1 saturated heterocycles. The normalized spacial score (nSPS) is 17.3. The third-order valence-corrected chi connectivity index (χ3v) is 3.70. The first-order valence-corrected chi connectivity index (χ1v) is 6.96. The highest BCUT2D eigenvalue weighted by atomic mass is 19.1. The molecule has 4 nitrogen and oxygen atoms in total. The van der Waals surface area contributed by atoms with Crippen LogP contribution < -0.4 is 0 Å². The highest BCUT2D eigenvalue weighted by Gasteiger charge is 2.18. The molecule has 0 spiro atoms. The highest BCUT2D eigenvalue weighted by Crippen LogP contribution is 2.14. The molecule has 1 aromatic carbocycles. The van der Waals surface area contributed by atoms with E-state index in [0.717, 1.165) is 37.3 Å². The number of benzene rings is 1. The van der Waals surface area contributed by atoms with Crippen molar-refractivity contribution in [2.45, 2.75) is 19.9 Å². The van der Waals surface area contributed by atoms with Crippen LogP contribution in [0, 0.1) is 12.7 Å². The number of rotatable bonds is 5. The summed E-state index contributed by atoms with van der Waals surface area (Å²) >= 11 is 0. The maximum Gasteiger partial charge on any atom is 0.304 e. The molecule has 1 aliphatic rings. The first-order valence-electron chi connectivity index (χ1n) is 6.96. The van der Waals surface area contributed by atoms with Crippen LogP contribution in [0.25, 0.3) is 0 Å². The van der Waals surface area contributed by atoms with Crippen LogP contribution in [0.15, 0.2) is 18.2 Å². The number of nitrogens with zero attached hydrogens (tertiary/aromatic N) is 2. The van der Waals surface area contributed by atoms with E-state index in [4.69, 9.17) is 5.11 Å². The van der Waals surface area contributed by atoms with Crippen molar-refractivity contribution in [1.82, 2.24) is 9.80 Å². The van der Waals surface area contributed by atoms with Crippen molar-refractivity contribution in [2.75, 3.05) is 32.7 Å². The molecule has 2 rings (SSSR count). The molecule has 1 heterocycles. The van der Waals surface area contributed by atoms with Crippen LogP contribution >= 0.6 is 0 Å². The van der Waals surface area contributed by atoms with Gasteiger partial charge < -0.3 is 10.0 Å². The molecule has 0 atom stereocenters. The number of hydrogen-bond acceptors (Lipinski definition) is 3. The Bertz CT molecular complexity index is 471. The standard InChI is InChI=1S/C15H21FN2O2/c1-12-2-3-14(16)13(10-12)11-18-8-6-17(7-9-18)5-4-15(19)20/h2-3,10H,4-9,11H2,1H3,(H,19,20). The summed E-state index contributed by atoms with van der Waals surface area (Å²) in [6, 6.07) is 5.20. The van der Waals surface area contributed by atoms with Gasteiger partial charge in [0.15, 0.2) is 0 Å². The van der Waals surface area contributed by atoms with Crippen molar-refractivity contribution in [1.29, 1.82) is 0 Å². The average Bonchev–Trinajstić information content (AvgIpc) is 2.42. The number of aryl methyl sites for hydroxylation is 1. The Hall–Kier alpha value is -1.46. The van der Waals surface area contributed by atoms with Gasteiger partial charge in [-0.1, -0.05) is 17.7 Å². The first kappa shape index (κ1) is 14.9. The Morgan fingerprint density at radius 1 is 1.25 bits per heavy atom. The minimum absolute atomic E-state index is 0.149. The predicted molar refractivity (Wildman–Crippen MR) is 75.1 cm³/mol.